The molecule has 0 aromatic rings. The van der Waals surface area contributed by atoms with Crippen LogP contribution in [-0.2, 0) is 4.74 Å². The first-order valence-corrected chi connectivity index (χ1v) is 4.81. The van der Waals surface area contributed by atoms with Crippen molar-refractivity contribution in [3.05, 3.63) is 0 Å². The SMILES string of the molecule is CC1(NC(N)=O)CCOC1C1CC1. The number of nitrogens with one attached hydrogen (secondary N) is 1. The third-order valence-corrected chi connectivity index (χ3v) is 3.01. The zero-order chi connectivity index (χ0) is 9.47. The second-order valence-electron chi connectivity index (χ2n) is 4.29. The summed E-state index contributed by atoms with van der Waals surface area (Å²) in [5.74, 6) is 0.638. The molecule has 1 aliphatic heterocycles. The Morgan fingerprint density at radius 2 is 2.31 bits per heavy atom. The molecule has 2 unspecified atom stereocenters. The molecule has 2 rings (SSSR count). The van der Waals surface area contributed by atoms with E-state index in [1.54, 1.807) is 0 Å². The smallest absolute Gasteiger partial charge is 0.312 e. The fraction of sp³-hybridized carbons (Fsp3) is 0.889. The summed E-state index contributed by atoms with van der Waals surface area (Å²) >= 11 is 0. The van der Waals surface area contributed by atoms with Gasteiger partial charge in [-0.15, -0.1) is 0 Å². The van der Waals surface area contributed by atoms with Crippen LogP contribution >= 0.6 is 0 Å². The Kier molecular flexibility index (Phi) is 1.95. The fourth-order valence-corrected chi connectivity index (χ4v) is 2.19. The lowest BCUT2D eigenvalue weighted by Crippen LogP contribution is -2.54. The molecule has 1 saturated heterocycles. The number of ether oxygens (including phenoxy) is 1. The second kappa shape index (κ2) is 2.87. The largest absolute Gasteiger partial charge is 0.375 e. The van der Waals surface area contributed by atoms with E-state index in [0.29, 0.717) is 5.92 Å². The zero-order valence-electron chi connectivity index (χ0n) is 7.88. The van der Waals surface area contributed by atoms with Crippen LogP contribution in [0.4, 0.5) is 4.79 Å². The van der Waals surface area contributed by atoms with Gasteiger partial charge in [-0.1, -0.05) is 0 Å². The van der Waals surface area contributed by atoms with Crippen LogP contribution in [0.15, 0.2) is 0 Å². The van der Waals surface area contributed by atoms with E-state index in [-0.39, 0.29) is 11.6 Å². The highest BCUT2D eigenvalue weighted by Crippen LogP contribution is 2.43. The van der Waals surface area contributed by atoms with Crippen LogP contribution in [0, 0.1) is 5.92 Å². The lowest BCUT2D eigenvalue weighted by Gasteiger charge is -2.30. The topological polar surface area (TPSA) is 64.3 Å². The maximum Gasteiger partial charge on any atom is 0.312 e. The Morgan fingerprint density at radius 3 is 2.85 bits per heavy atom. The molecule has 74 valence electrons. The zero-order valence-corrected chi connectivity index (χ0v) is 7.88. The molecule has 13 heavy (non-hydrogen) atoms. The molecule has 0 spiro atoms. The summed E-state index contributed by atoms with van der Waals surface area (Å²) in [6.07, 6.45) is 3.50. The summed E-state index contributed by atoms with van der Waals surface area (Å²) in [7, 11) is 0. The third kappa shape index (κ3) is 1.63. The Hall–Kier alpha value is -0.770. The van der Waals surface area contributed by atoms with Crippen LogP contribution in [0.25, 0.3) is 0 Å². The molecule has 4 heteroatoms. The Labute approximate surface area is 77.8 Å². The van der Waals surface area contributed by atoms with E-state index >= 15 is 0 Å². The van der Waals surface area contributed by atoms with Gasteiger partial charge in [-0.3, -0.25) is 0 Å². The summed E-state index contributed by atoms with van der Waals surface area (Å²) in [4.78, 5) is 10.8. The average Bonchev–Trinajstić information content (AvgIpc) is 2.75. The van der Waals surface area contributed by atoms with Crippen molar-refractivity contribution in [1.29, 1.82) is 0 Å². The second-order valence-corrected chi connectivity index (χ2v) is 4.29. The molecule has 1 aliphatic carbocycles. The summed E-state index contributed by atoms with van der Waals surface area (Å²) in [5.41, 5.74) is 4.91. The van der Waals surface area contributed by atoms with E-state index in [2.05, 4.69) is 5.32 Å². The fourth-order valence-electron chi connectivity index (χ4n) is 2.19. The van der Waals surface area contributed by atoms with Gasteiger partial charge in [0.2, 0.25) is 0 Å². The molecular weight excluding hydrogens is 168 g/mol. The molecule has 4 nitrogen and oxygen atoms in total. The van der Waals surface area contributed by atoms with Gasteiger partial charge < -0.3 is 15.8 Å². The van der Waals surface area contributed by atoms with Gasteiger partial charge in [-0.25, -0.2) is 4.79 Å². The molecule has 1 saturated carbocycles. The minimum absolute atomic E-state index is 0.181. The average molecular weight is 184 g/mol. The minimum Gasteiger partial charge on any atom is -0.375 e. The van der Waals surface area contributed by atoms with Crippen LogP contribution in [0.1, 0.15) is 26.2 Å². The first-order chi connectivity index (χ1) is 6.12. The maximum atomic E-state index is 10.8. The summed E-state index contributed by atoms with van der Waals surface area (Å²) < 4.78 is 5.62. The predicted molar refractivity (Wildman–Crippen MR) is 48.2 cm³/mol. The van der Waals surface area contributed by atoms with Gasteiger partial charge in [0.15, 0.2) is 0 Å². The van der Waals surface area contributed by atoms with Gasteiger partial charge in [-0.05, 0) is 32.1 Å². The van der Waals surface area contributed by atoms with Gasteiger partial charge in [0.1, 0.15) is 0 Å². The van der Waals surface area contributed by atoms with Crippen molar-refractivity contribution in [2.24, 2.45) is 11.7 Å². The lowest BCUT2D eigenvalue weighted by molar-refractivity contribution is 0.0595. The van der Waals surface area contributed by atoms with Gasteiger partial charge in [0, 0.05) is 6.61 Å². The van der Waals surface area contributed by atoms with E-state index in [9.17, 15) is 4.79 Å². The number of carbonyl (C=O) groups excluding carboxylic acids is 1. The number of hydrogen-bond acceptors (Lipinski definition) is 2. The van der Waals surface area contributed by atoms with E-state index < -0.39 is 6.03 Å². The highest BCUT2D eigenvalue weighted by Gasteiger charge is 2.48. The molecule has 0 radical (unpaired) electrons. The van der Waals surface area contributed by atoms with Crippen LogP contribution < -0.4 is 11.1 Å². The molecule has 3 N–H and O–H groups in total. The Bertz CT molecular complexity index is 228. The van der Waals surface area contributed by atoms with Crippen molar-refractivity contribution in [2.45, 2.75) is 37.8 Å². The number of nitrogens with two attached hydrogens (primary N) is 1. The minimum atomic E-state index is -0.446. The normalized spacial score (nSPS) is 39.0. The first kappa shape index (κ1) is 8.81. The van der Waals surface area contributed by atoms with Crippen molar-refractivity contribution >= 4 is 6.03 Å². The van der Waals surface area contributed by atoms with E-state index in [1.807, 2.05) is 6.92 Å². The number of primary amides is 1. The van der Waals surface area contributed by atoms with Crippen LogP contribution in [0.5, 0.6) is 0 Å². The van der Waals surface area contributed by atoms with Crippen LogP contribution in [0.3, 0.4) is 0 Å². The van der Waals surface area contributed by atoms with Crippen molar-refractivity contribution in [1.82, 2.24) is 5.32 Å². The number of urea groups is 1. The molecule has 2 atom stereocenters. The van der Waals surface area contributed by atoms with E-state index in [0.717, 1.165) is 13.0 Å². The maximum absolute atomic E-state index is 10.8. The lowest BCUT2D eigenvalue weighted by atomic mass is 9.91. The van der Waals surface area contributed by atoms with Crippen LogP contribution in [0.2, 0.25) is 0 Å². The molecule has 2 fully saturated rings. The summed E-state index contributed by atoms with van der Waals surface area (Å²) in [6.45, 7) is 2.76. The van der Waals surface area contributed by atoms with Crippen LogP contribution in [-0.4, -0.2) is 24.3 Å². The summed E-state index contributed by atoms with van der Waals surface area (Å²) in [6, 6.07) is -0.446. The Morgan fingerprint density at radius 1 is 1.62 bits per heavy atom. The van der Waals surface area contributed by atoms with Gasteiger partial charge in [0.05, 0.1) is 11.6 Å². The number of rotatable bonds is 2. The van der Waals surface area contributed by atoms with Crippen molar-refractivity contribution in [3.8, 4) is 0 Å². The Balaban J connectivity index is 2.04. The quantitative estimate of drug-likeness (QED) is 0.660. The molecule has 0 bridgehead atoms. The summed E-state index contributed by atoms with van der Waals surface area (Å²) in [5, 5.41) is 2.80. The third-order valence-electron chi connectivity index (χ3n) is 3.01. The standard InChI is InChI=1S/C9H16N2O2/c1-9(11-8(10)12)4-5-13-7(9)6-2-3-6/h6-7H,2-5H2,1H3,(H3,10,11,12). The molecule has 1 heterocycles. The highest BCUT2D eigenvalue weighted by atomic mass is 16.5. The molecule has 0 aromatic carbocycles. The number of amides is 2. The van der Waals surface area contributed by atoms with Gasteiger partial charge >= 0.3 is 6.03 Å². The van der Waals surface area contributed by atoms with Gasteiger partial charge in [0.25, 0.3) is 0 Å². The molecular formula is C9H16N2O2. The van der Waals surface area contributed by atoms with E-state index in [1.165, 1.54) is 12.8 Å². The van der Waals surface area contributed by atoms with E-state index in [4.69, 9.17) is 10.5 Å². The molecule has 2 amide bonds. The number of hydrogen-bond donors (Lipinski definition) is 2. The number of carbonyl (C=O) groups is 1. The van der Waals surface area contributed by atoms with Crippen molar-refractivity contribution < 1.29 is 9.53 Å². The predicted octanol–water partition coefficient (Wildman–Crippen LogP) is 0.612. The monoisotopic (exact) mass is 184 g/mol. The molecule has 2 aliphatic rings. The van der Waals surface area contributed by atoms with Crippen molar-refractivity contribution in [2.75, 3.05) is 6.61 Å². The van der Waals surface area contributed by atoms with Gasteiger partial charge in [-0.2, -0.15) is 0 Å². The van der Waals surface area contributed by atoms with Crippen molar-refractivity contribution in [3.63, 3.8) is 0 Å². The molecule has 0 aromatic heterocycles. The highest BCUT2D eigenvalue weighted by molar-refractivity contribution is 5.72. The first-order valence-electron chi connectivity index (χ1n) is 4.81.